The Morgan fingerprint density at radius 2 is 2.11 bits per heavy atom. The van der Waals surface area contributed by atoms with Gasteiger partial charge in [-0.25, -0.2) is 4.98 Å². The van der Waals surface area contributed by atoms with E-state index in [1.54, 1.807) is 17.7 Å². The van der Waals surface area contributed by atoms with Crippen LogP contribution in [0.25, 0.3) is 11.0 Å². The minimum atomic E-state index is 0.146. The van der Waals surface area contributed by atoms with E-state index in [9.17, 15) is 4.79 Å². The van der Waals surface area contributed by atoms with E-state index < -0.39 is 0 Å². The third-order valence-electron chi connectivity index (χ3n) is 3.13. The second-order valence-corrected chi connectivity index (χ2v) is 5.57. The molecule has 0 unspecified atom stereocenters. The van der Waals surface area contributed by atoms with E-state index >= 15 is 0 Å². The minimum absolute atomic E-state index is 0.146. The maximum atomic E-state index is 12.2. The lowest BCUT2D eigenvalue weighted by molar-refractivity contribution is 0.0977. The van der Waals surface area contributed by atoms with Crippen LogP contribution in [0, 0.1) is 0 Å². The molecule has 0 N–H and O–H groups in total. The Balaban J connectivity index is 1.86. The SMILES string of the molecule is CCc1ccc(C(=O)Cn2cnc3ccccc32)s1. The molecule has 0 saturated heterocycles. The summed E-state index contributed by atoms with van der Waals surface area (Å²) in [4.78, 5) is 18.6. The number of para-hydroxylation sites is 2. The molecule has 0 saturated carbocycles. The van der Waals surface area contributed by atoms with Crippen molar-refractivity contribution < 1.29 is 4.79 Å². The number of imidazole rings is 1. The summed E-state index contributed by atoms with van der Waals surface area (Å²) in [6.45, 7) is 2.45. The van der Waals surface area contributed by atoms with Gasteiger partial charge in [0.25, 0.3) is 0 Å². The van der Waals surface area contributed by atoms with Gasteiger partial charge in [0.1, 0.15) is 0 Å². The zero-order chi connectivity index (χ0) is 13.2. The normalized spacial score (nSPS) is 11.0. The number of ketones is 1. The van der Waals surface area contributed by atoms with Gasteiger partial charge in [0.15, 0.2) is 5.78 Å². The fourth-order valence-corrected chi connectivity index (χ4v) is 2.96. The third-order valence-corrected chi connectivity index (χ3v) is 4.40. The number of aryl methyl sites for hydroxylation is 1. The fraction of sp³-hybridized carbons (Fsp3) is 0.200. The second-order valence-electron chi connectivity index (χ2n) is 4.40. The molecule has 0 spiro atoms. The number of rotatable bonds is 4. The minimum Gasteiger partial charge on any atom is -0.323 e. The van der Waals surface area contributed by atoms with Gasteiger partial charge < -0.3 is 4.57 Å². The molecule has 0 radical (unpaired) electrons. The summed E-state index contributed by atoms with van der Waals surface area (Å²) < 4.78 is 1.91. The first-order valence-electron chi connectivity index (χ1n) is 6.29. The van der Waals surface area contributed by atoms with Gasteiger partial charge in [-0.15, -0.1) is 11.3 Å². The van der Waals surface area contributed by atoms with E-state index in [1.165, 1.54) is 4.88 Å². The van der Waals surface area contributed by atoms with E-state index in [4.69, 9.17) is 0 Å². The Bertz CT molecular complexity index is 726. The molecule has 1 aromatic carbocycles. The van der Waals surface area contributed by atoms with Crippen molar-refractivity contribution in [3.05, 3.63) is 52.5 Å². The number of Topliss-reactive ketones (excluding diaryl/α,β-unsaturated/α-hetero) is 1. The summed E-state index contributed by atoms with van der Waals surface area (Å²) in [5.74, 6) is 0.146. The van der Waals surface area contributed by atoms with Crippen LogP contribution < -0.4 is 0 Å². The Morgan fingerprint density at radius 3 is 2.89 bits per heavy atom. The third kappa shape index (κ3) is 2.31. The largest absolute Gasteiger partial charge is 0.323 e. The fourth-order valence-electron chi connectivity index (χ4n) is 2.09. The number of fused-ring (bicyclic) bond motifs is 1. The first-order valence-corrected chi connectivity index (χ1v) is 7.11. The van der Waals surface area contributed by atoms with Crippen LogP contribution in [0.5, 0.6) is 0 Å². The zero-order valence-electron chi connectivity index (χ0n) is 10.7. The van der Waals surface area contributed by atoms with Crippen LogP contribution >= 0.6 is 11.3 Å². The quantitative estimate of drug-likeness (QED) is 0.680. The molecule has 0 aliphatic rings. The highest BCUT2D eigenvalue weighted by molar-refractivity contribution is 7.14. The van der Waals surface area contributed by atoms with Crippen molar-refractivity contribution in [2.75, 3.05) is 0 Å². The van der Waals surface area contributed by atoms with Crippen LogP contribution in [0.2, 0.25) is 0 Å². The summed E-state index contributed by atoms with van der Waals surface area (Å²) >= 11 is 1.58. The number of hydrogen-bond donors (Lipinski definition) is 0. The molecule has 4 heteroatoms. The van der Waals surface area contributed by atoms with Crippen molar-refractivity contribution in [3.8, 4) is 0 Å². The lowest BCUT2D eigenvalue weighted by atomic mass is 10.3. The van der Waals surface area contributed by atoms with Gasteiger partial charge in [0.05, 0.1) is 28.8 Å². The van der Waals surface area contributed by atoms with E-state index in [2.05, 4.69) is 11.9 Å². The second kappa shape index (κ2) is 4.97. The molecule has 2 heterocycles. The van der Waals surface area contributed by atoms with E-state index in [0.717, 1.165) is 22.3 Å². The highest BCUT2D eigenvalue weighted by atomic mass is 32.1. The van der Waals surface area contributed by atoms with Crippen LogP contribution in [0.4, 0.5) is 0 Å². The number of benzene rings is 1. The van der Waals surface area contributed by atoms with Crippen LogP contribution in [0.15, 0.2) is 42.7 Å². The first-order chi connectivity index (χ1) is 9.28. The monoisotopic (exact) mass is 270 g/mol. The van der Waals surface area contributed by atoms with Gasteiger partial charge in [0, 0.05) is 4.88 Å². The van der Waals surface area contributed by atoms with Crippen LogP contribution in [0.1, 0.15) is 21.5 Å². The molecule has 0 aliphatic carbocycles. The molecule has 0 atom stereocenters. The number of carbonyl (C=O) groups excluding carboxylic acids is 1. The summed E-state index contributed by atoms with van der Waals surface area (Å²) in [6, 6.07) is 11.8. The summed E-state index contributed by atoms with van der Waals surface area (Å²) in [5, 5.41) is 0. The van der Waals surface area contributed by atoms with E-state index in [-0.39, 0.29) is 5.78 Å². The molecule has 0 fully saturated rings. The average molecular weight is 270 g/mol. The predicted octanol–water partition coefficient (Wildman–Crippen LogP) is 3.54. The van der Waals surface area contributed by atoms with Gasteiger partial charge in [-0.05, 0) is 30.7 Å². The van der Waals surface area contributed by atoms with Gasteiger partial charge in [-0.1, -0.05) is 19.1 Å². The molecular formula is C15H14N2OS. The molecule has 0 aliphatic heterocycles. The summed E-state index contributed by atoms with van der Waals surface area (Å²) in [6.07, 6.45) is 2.71. The number of aromatic nitrogens is 2. The molecular weight excluding hydrogens is 256 g/mol. The predicted molar refractivity (Wildman–Crippen MR) is 77.8 cm³/mol. The lowest BCUT2D eigenvalue weighted by Crippen LogP contribution is -2.07. The molecule has 0 bridgehead atoms. The molecule has 3 rings (SSSR count). The van der Waals surface area contributed by atoms with Crippen molar-refractivity contribution in [2.45, 2.75) is 19.9 Å². The Kier molecular flexibility index (Phi) is 3.17. The van der Waals surface area contributed by atoms with Crippen molar-refractivity contribution in [1.82, 2.24) is 9.55 Å². The standard InChI is InChI=1S/C15H14N2OS/c1-2-11-7-8-15(19-11)14(18)9-17-10-16-12-5-3-4-6-13(12)17/h3-8,10H,2,9H2,1H3. The van der Waals surface area contributed by atoms with Crippen molar-refractivity contribution >= 4 is 28.2 Å². The van der Waals surface area contributed by atoms with Crippen molar-refractivity contribution in [2.24, 2.45) is 0 Å². The zero-order valence-corrected chi connectivity index (χ0v) is 11.5. The molecule has 96 valence electrons. The Hall–Kier alpha value is -1.94. The van der Waals surface area contributed by atoms with Gasteiger partial charge in [-0.2, -0.15) is 0 Å². The lowest BCUT2D eigenvalue weighted by Gasteiger charge is -2.01. The van der Waals surface area contributed by atoms with Gasteiger partial charge in [-0.3, -0.25) is 4.79 Å². The molecule has 3 aromatic rings. The highest BCUT2D eigenvalue weighted by Crippen LogP contribution is 2.19. The first kappa shape index (κ1) is 12.1. The van der Waals surface area contributed by atoms with E-state index in [0.29, 0.717) is 6.54 Å². The average Bonchev–Trinajstić information content (AvgIpc) is 3.06. The van der Waals surface area contributed by atoms with Crippen LogP contribution in [0.3, 0.4) is 0 Å². The van der Waals surface area contributed by atoms with Gasteiger partial charge >= 0.3 is 0 Å². The number of thiophene rings is 1. The molecule has 19 heavy (non-hydrogen) atoms. The number of hydrogen-bond acceptors (Lipinski definition) is 3. The van der Waals surface area contributed by atoms with Gasteiger partial charge in [0.2, 0.25) is 0 Å². The van der Waals surface area contributed by atoms with Crippen LogP contribution in [-0.2, 0) is 13.0 Å². The van der Waals surface area contributed by atoms with Crippen molar-refractivity contribution in [3.63, 3.8) is 0 Å². The smallest absolute Gasteiger partial charge is 0.192 e. The molecule has 3 nitrogen and oxygen atoms in total. The molecule has 2 aromatic heterocycles. The highest BCUT2D eigenvalue weighted by Gasteiger charge is 2.11. The van der Waals surface area contributed by atoms with Crippen molar-refractivity contribution in [1.29, 1.82) is 0 Å². The number of carbonyl (C=O) groups is 1. The summed E-state index contributed by atoms with van der Waals surface area (Å²) in [7, 11) is 0. The Morgan fingerprint density at radius 1 is 1.26 bits per heavy atom. The Labute approximate surface area is 115 Å². The number of nitrogens with zero attached hydrogens (tertiary/aromatic N) is 2. The van der Waals surface area contributed by atoms with Crippen LogP contribution in [-0.4, -0.2) is 15.3 Å². The topological polar surface area (TPSA) is 34.9 Å². The maximum absolute atomic E-state index is 12.2. The molecule has 0 amide bonds. The summed E-state index contributed by atoms with van der Waals surface area (Å²) in [5.41, 5.74) is 1.93. The van der Waals surface area contributed by atoms with E-state index in [1.807, 2.05) is 41.0 Å². The maximum Gasteiger partial charge on any atom is 0.192 e.